The molecule has 0 saturated carbocycles. The van der Waals surface area contributed by atoms with Crippen LogP contribution in [-0.4, -0.2) is 25.9 Å². The second-order valence-electron chi connectivity index (χ2n) is 5.51. The van der Waals surface area contributed by atoms with Crippen LogP contribution in [0.3, 0.4) is 0 Å². The first kappa shape index (κ1) is 18.2. The Morgan fingerprint density at radius 2 is 1.75 bits per heavy atom. The minimum Gasteiger partial charge on any atom is -0.493 e. The number of carbonyl (C=O) groups is 1. The summed E-state index contributed by atoms with van der Waals surface area (Å²) in [5, 5.41) is 3.02. The Morgan fingerprint density at radius 3 is 2.38 bits per heavy atom. The number of nitrogens with one attached hydrogen (secondary N) is 1. The van der Waals surface area contributed by atoms with Gasteiger partial charge in [0.1, 0.15) is 0 Å². The first-order chi connectivity index (χ1) is 11.5. The zero-order valence-corrected chi connectivity index (χ0v) is 15.3. The Morgan fingerprint density at radius 1 is 1.08 bits per heavy atom. The summed E-state index contributed by atoms with van der Waals surface area (Å²) < 4.78 is 10.5. The van der Waals surface area contributed by atoms with Gasteiger partial charge < -0.3 is 14.8 Å². The molecule has 5 heteroatoms. The molecular formula is C19H23NO3S. The average Bonchev–Trinajstić information content (AvgIpc) is 2.60. The van der Waals surface area contributed by atoms with Crippen LogP contribution in [0.1, 0.15) is 24.1 Å². The molecule has 0 heterocycles. The maximum absolute atomic E-state index is 12.2. The second-order valence-corrected chi connectivity index (χ2v) is 6.55. The van der Waals surface area contributed by atoms with E-state index in [-0.39, 0.29) is 11.9 Å². The van der Waals surface area contributed by atoms with Crippen LogP contribution >= 0.6 is 11.8 Å². The summed E-state index contributed by atoms with van der Waals surface area (Å²) in [6, 6.07) is 13.8. The second kappa shape index (κ2) is 8.64. The van der Waals surface area contributed by atoms with Crippen LogP contribution in [0, 0.1) is 6.92 Å². The molecule has 0 bridgehead atoms. The molecule has 4 nitrogen and oxygen atoms in total. The van der Waals surface area contributed by atoms with Crippen molar-refractivity contribution in [3.63, 3.8) is 0 Å². The van der Waals surface area contributed by atoms with Gasteiger partial charge in [0.15, 0.2) is 11.5 Å². The zero-order valence-electron chi connectivity index (χ0n) is 14.5. The van der Waals surface area contributed by atoms with Gasteiger partial charge in [-0.15, -0.1) is 11.8 Å². The maximum atomic E-state index is 12.2. The Hall–Kier alpha value is -2.14. The van der Waals surface area contributed by atoms with Gasteiger partial charge in [0, 0.05) is 4.90 Å². The molecule has 0 unspecified atom stereocenters. The summed E-state index contributed by atoms with van der Waals surface area (Å²) in [7, 11) is 3.20. The third kappa shape index (κ3) is 4.93. The summed E-state index contributed by atoms with van der Waals surface area (Å²) in [5.41, 5.74) is 2.31. The minimum absolute atomic E-state index is 0.00265. The number of hydrogen-bond donors (Lipinski definition) is 1. The minimum atomic E-state index is -0.0101. The molecule has 0 aliphatic heterocycles. The number of hydrogen-bond acceptors (Lipinski definition) is 4. The lowest BCUT2D eigenvalue weighted by molar-refractivity contribution is -0.119. The van der Waals surface area contributed by atoms with Gasteiger partial charge >= 0.3 is 0 Å². The summed E-state index contributed by atoms with van der Waals surface area (Å²) in [5.74, 6) is 1.70. The number of thioether (sulfide) groups is 1. The number of amides is 1. The fourth-order valence-corrected chi connectivity index (χ4v) is 3.01. The third-order valence-electron chi connectivity index (χ3n) is 3.68. The molecule has 0 fully saturated rings. The van der Waals surface area contributed by atoms with Crippen LogP contribution in [0.15, 0.2) is 47.4 Å². The van der Waals surface area contributed by atoms with E-state index < -0.39 is 0 Å². The maximum Gasteiger partial charge on any atom is 0.230 e. The third-order valence-corrected chi connectivity index (χ3v) is 4.67. The van der Waals surface area contributed by atoms with Crippen molar-refractivity contribution < 1.29 is 14.3 Å². The predicted molar refractivity (Wildman–Crippen MR) is 98.0 cm³/mol. The standard InChI is InChI=1S/C19H23NO3S/c1-13-5-7-15(8-6-13)14(2)20-19(21)12-24-16-9-10-17(22-3)18(11-16)23-4/h5-11,14H,12H2,1-4H3,(H,20,21)/t14-/m1/s1. The van der Waals surface area contributed by atoms with E-state index in [2.05, 4.69) is 17.4 Å². The van der Waals surface area contributed by atoms with Crippen LogP contribution < -0.4 is 14.8 Å². The van der Waals surface area contributed by atoms with E-state index in [1.807, 2.05) is 44.2 Å². The van der Waals surface area contributed by atoms with E-state index in [1.54, 1.807) is 14.2 Å². The predicted octanol–water partition coefficient (Wildman–Crippen LogP) is 3.98. The van der Waals surface area contributed by atoms with Gasteiger partial charge in [-0.25, -0.2) is 0 Å². The topological polar surface area (TPSA) is 47.6 Å². The Kier molecular flexibility index (Phi) is 6.55. The Bertz CT molecular complexity index is 686. The van der Waals surface area contributed by atoms with Gasteiger partial charge in [0.05, 0.1) is 26.0 Å². The van der Waals surface area contributed by atoms with Crippen molar-refractivity contribution in [2.75, 3.05) is 20.0 Å². The summed E-state index contributed by atoms with van der Waals surface area (Å²) in [4.78, 5) is 13.1. The van der Waals surface area contributed by atoms with Crippen LogP contribution in [0.2, 0.25) is 0 Å². The molecule has 24 heavy (non-hydrogen) atoms. The van der Waals surface area contributed by atoms with Crippen molar-refractivity contribution in [2.24, 2.45) is 0 Å². The van der Waals surface area contributed by atoms with Gasteiger partial charge in [-0.05, 0) is 37.6 Å². The number of carbonyl (C=O) groups excluding carboxylic acids is 1. The normalized spacial score (nSPS) is 11.7. The fourth-order valence-electron chi connectivity index (χ4n) is 2.28. The van der Waals surface area contributed by atoms with Crippen molar-refractivity contribution in [1.82, 2.24) is 5.32 Å². The SMILES string of the molecule is COc1ccc(SCC(=O)N[C@H](C)c2ccc(C)cc2)cc1OC. The number of rotatable bonds is 7. The highest BCUT2D eigenvalue weighted by Crippen LogP contribution is 2.31. The van der Waals surface area contributed by atoms with Gasteiger partial charge in [-0.3, -0.25) is 4.79 Å². The van der Waals surface area contributed by atoms with Gasteiger partial charge in [-0.1, -0.05) is 29.8 Å². The summed E-state index contributed by atoms with van der Waals surface area (Å²) in [6.45, 7) is 4.04. The molecular weight excluding hydrogens is 322 g/mol. The first-order valence-electron chi connectivity index (χ1n) is 7.74. The Balaban J connectivity index is 1.90. The molecule has 0 radical (unpaired) electrons. The number of benzene rings is 2. The first-order valence-corrected chi connectivity index (χ1v) is 8.72. The van der Waals surface area contributed by atoms with Crippen molar-refractivity contribution in [3.05, 3.63) is 53.6 Å². The molecule has 0 aromatic heterocycles. The number of ether oxygens (including phenoxy) is 2. The molecule has 1 N–H and O–H groups in total. The molecule has 1 amide bonds. The highest BCUT2D eigenvalue weighted by atomic mass is 32.2. The number of methoxy groups -OCH3 is 2. The van der Waals surface area contributed by atoms with E-state index in [1.165, 1.54) is 17.3 Å². The van der Waals surface area contributed by atoms with Gasteiger partial charge in [0.2, 0.25) is 5.91 Å². The molecule has 0 saturated heterocycles. The molecule has 2 rings (SSSR count). The lowest BCUT2D eigenvalue weighted by atomic mass is 10.1. The van der Waals surface area contributed by atoms with Crippen LogP contribution in [0.5, 0.6) is 11.5 Å². The lowest BCUT2D eigenvalue weighted by Crippen LogP contribution is -2.28. The average molecular weight is 345 g/mol. The lowest BCUT2D eigenvalue weighted by Gasteiger charge is -2.15. The van der Waals surface area contributed by atoms with E-state index in [0.717, 1.165) is 10.5 Å². The van der Waals surface area contributed by atoms with E-state index in [0.29, 0.717) is 17.3 Å². The van der Waals surface area contributed by atoms with Gasteiger partial charge in [-0.2, -0.15) is 0 Å². The summed E-state index contributed by atoms with van der Waals surface area (Å²) >= 11 is 1.47. The molecule has 0 aliphatic carbocycles. The van der Waals surface area contributed by atoms with Crippen LogP contribution in [0.4, 0.5) is 0 Å². The van der Waals surface area contributed by atoms with Crippen LogP contribution in [-0.2, 0) is 4.79 Å². The van der Waals surface area contributed by atoms with Crippen molar-refractivity contribution in [1.29, 1.82) is 0 Å². The van der Waals surface area contributed by atoms with Crippen molar-refractivity contribution in [2.45, 2.75) is 24.8 Å². The zero-order chi connectivity index (χ0) is 17.5. The van der Waals surface area contributed by atoms with E-state index in [9.17, 15) is 4.79 Å². The molecule has 2 aromatic carbocycles. The van der Waals surface area contributed by atoms with Crippen LogP contribution in [0.25, 0.3) is 0 Å². The van der Waals surface area contributed by atoms with Crippen molar-refractivity contribution in [3.8, 4) is 11.5 Å². The summed E-state index contributed by atoms with van der Waals surface area (Å²) in [6.07, 6.45) is 0. The smallest absolute Gasteiger partial charge is 0.230 e. The highest BCUT2D eigenvalue weighted by molar-refractivity contribution is 8.00. The van der Waals surface area contributed by atoms with E-state index in [4.69, 9.17) is 9.47 Å². The highest BCUT2D eigenvalue weighted by Gasteiger charge is 2.11. The molecule has 128 valence electrons. The molecule has 0 spiro atoms. The molecule has 1 atom stereocenters. The van der Waals surface area contributed by atoms with Gasteiger partial charge in [0.25, 0.3) is 0 Å². The fraction of sp³-hybridized carbons (Fsp3) is 0.316. The number of aryl methyl sites for hydroxylation is 1. The quantitative estimate of drug-likeness (QED) is 0.771. The molecule has 2 aromatic rings. The largest absolute Gasteiger partial charge is 0.493 e. The van der Waals surface area contributed by atoms with Crippen molar-refractivity contribution >= 4 is 17.7 Å². The molecule has 0 aliphatic rings. The monoisotopic (exact) mass is 345 g/mol. The Labute approximate surface area is 147 Å². The van der Waals surface area contributed by atoms with E-state index >= 15 is 0 Å².